The third-order valence-corrected chi connectivity index (χ3v) is 9.14. The minimum Gasteiger partial charge on any atom is -0.325 e. The van der Waals surface area contributed by atoms with Gasteiger partial charge in [-0.1, -0.05) is 89.4 Å². The van der Waals surface area contributed by atoms with E-state index in [9.17, 15) is 9.59 Å². The third-order valence-electron chi connectivity index (χ3n) is 7.67. The maximum Gasteiger partial charge on any atom is 0.263 e. The second-order valence-electron chi connectivity index (χ2n) is 10.1. The van der Waals surface area contributed by atoms with Crippen molar-refractivity contribution in [2.45, 2.75) is 49.1 Å². The largest absolute Gasteiger partial charge is 0.325 e. The molecule has 192 valence electrons. The van der Waals surface area contributed by atoms with Crippen LogP contribution in [-0.2, 0) is 16.6 Å². The van der Waals surface area contributed by atoms with E-state index < -0.39 is 0 Å². The molecule has 1 spiro atoms. The van der Waals surface area contributed by atoms with Gasteiger partial charge in [0.15, 0.2) is 5.16 Å². The van der Waals surface area contributed by atoms with E-state index in [0.717, 1.165) is 64.8 Å². The van der Waals surface area contributed by atoms with Crippen LogP contribution in [0.15, 0.2) is 93.3 Å². The Bertz CT molecular complexity index is 1540. The summed E-state index contributed by atoms with van der Waals surface area (Å²) in [5.74, 6) is -0.00552. The minimum absolute atomic E-state index is 0.00609. The molecule has 1 heterocycles. The number of hydrogen-bond donors (Lipinski definition) is 1. The number of anilines is 1. The zero-order valence-corrected chi connectivity index (χ0v) is 23.4. The highest BCUT2D eigenvalue weighted by atomic mass is 79.9. The molecule has 1 aromatic heterocycles. The van der Waals surface area contributed by atoms with Crippen molar-refractivity contribution in [3.8, 4) is 16.9 Å². The van der Waals surface area contributed by atoms with Gasteiger partial charge in [0.25, 0.3) is 5.56 Å². The van der Waals surface area contributed by atoms with Crippen molar-refractivity contribution in [3.63, 3.8) is 0 Å². The number of carbonyl (C=O) groups excluding carboxylic acids is 1. The monoisotopic (exact) mass is 585 g/mol. The molecule has 7 heteroatoms. The zero-order chi connectivity index (χ0) is 26.1. The molecule has 1 N–H and O–H groups in total. The molecule has 0 atom stereocenters. The van der Waals surface area contributed by atoms with Gasteiger partial charge in [0.05, 0.1) is 22.7 Å². The molecule has 0 radical (unpaired) electrons. The average Bonchev–Trinajstić information content (AvgIpc) is 2.94. The Labute approximate surface area is 234 Å². The van der Waals surface area contributed by atoms with Crippen molar-refractivity contribution < 1.29 is 4.79 Å². The molecule has 1 fully saturated rings. The van der Waals surface area contributed by atoms with Gasteiger partial charge in [0, 0.05) is 21.1 Å². The molecule has 0 unspecified atom stereocenters. The first kappa shape index (κ1) is 25.1. The van der Waals surface area contributed by atoms with Crippen molar-refractivity contribution >= 4 is 39.3 Å². The van der Waals surface area contributed by atoms with Crippen LogP contribution in [-0.4, -0.2) is 21.2 Å². The average molecular weight is 587 g/mol. The highest BCUT2D eigenvalue weighted by Crippen LogP contribution is 2.49. The molecule has 5 nitrogen and oxygen atoms in total. The lowest BCUT2D eigenvalue weighted by Gasteiger charge is -2.42. The normalized spacial score (nSPS) is 15.5. The molecule has 4 aromatic rings. The molecule has 1 amide bonds. The second-order valence-corrected chi connectivity index (χ2v) is 12.0. The number of amides is 1. The summed E-state index contributed by atoms with van der Waals surface area (Å²) in [6.07, 6.45) is 6.34. The number of rotatable bonds is 5. The van der Waals surface area contributed by atoms with E-state index in [-0.39, 0.29) is 22.6 Å². The predicted molar refractivity (Wildman–Crippen MR) is 157 cm³/mol. The number of nitrogens with one attached hydrogen (secondary N) is 1. The quantitative estimate of drug-likeness (QED) is 0.199. The standard InChI is InChI=1S/C31H28BrN3O2S/c32-22-13-15-23(16-14-22)33-26(36)20-38-30-34-28-25-12-6-5-9-21(25)19-31(17-7-2-8-18-31)27(28)29(37)35(30)24-10-3-1-4-11-24/h1,3-6,9-16H,2,7-8,17-20H2,(H,33,36). The number of benzene rings is 3. The number of carbonyl (C=O) groups is 1. The summed E-state index contributed by atoms with van der Waals surface area (Å²) >= 11 is 4.72. The van der Waals surface area contributed by atoms with Gasteiger partial charge in [0.2, 0.25) is 5.91 Å². The van der Waals surface area contributed by atoms with Crippen LogP contribution in [0.5, 0.6) is 0 Å². The molecule has 1 saturated carbocycles. The van der Waals surface area contributed by atoms with Crippen LogP contribution in [0, 0.1) is 0 Å². The van der Waals surface area contributed by atoms with Gasteiger partial charge in [-0.15, -0.1) is 0 Å². The predicted octanol–water partition coefficient (Wildman–Crippen LogP) is 7.15. The summed E-state index contributed by atoms with van der Waals surface area (Å²) in [7, 11) is 0. The maximum absolute atomic E-state index is 14.5. The summed E-state index contributed by atoms with van der Waals surface area (Å²) in [5.41, 5.74) is 5.25. The molecule has 6 rings (SSSR count). The van der Waals surface area contributed by atoms with Gasteiger partial charge < -0.3 is 5.32 Å². The summed E-state index contributed by atoms with van der Waals surface area (Å²) in [5, 5.41) is 3.48. The minimum atomic E-state index is -0.190. The zero-order valence-electron chi connectivity index (χ0n) is 21.0. The topological polar surface area (TPSA) is 64.0 Å². The van der Waals surface area contributed by atoms with E-state index in [1.165, 1.54) is 23.7 Å². The molecular weight excluding hydrogens is 558 g/mol. The number of thioether (sulfide) groups is 1. The van der Waals surface area contributed by atoms with Crippen LogP contribution < -0.4 is 10.9 Å². The van der Waals surface area contributed by atoms with Crippen LogP contribution >= 0.6 is 27.7 Å². The van der Waals surface area contributed by atoms with Crippen molar-refractivity contribution in [1.29, 1.82) is 0 Å². The van der Waals surface area contributed by atoms with Crippen molar-refractivity contribution in [3.05, 3.63) is 105 Å². The van der Waals surface area contributed by atoms with Gasteiger partial charge in [-0.25, -0.2) is 4.98 Å². The van der Waals surface area contributed by atoms with E-state index in [4.69, 9.17) is 4.98 Å². The Balaban J connectivity index is 1.45. The van der Waals surface area contributed by atoms with E-state index in [0.29, 0.717) is 5.16 Å². The number of aromatic nitrogens is 2. The Morgan fingerprint density at radius 2 is 1.66 bits per heavy atom. The first-order valence-corrected chi connectivity index (χ1v) is 14.8. The fourth-order valence-electron chi connectivity index (χ4n) is 5.95. The van der Waals surface area contributed by atoms with Gasteiger partial charge in [-0.05, 0) is 61.2 Å². The Hall–Kier alpha value is -3.16. The van der Waals surface area contributed by atoms with Gasteiger partial charge in [-0.3, -0.25) is 14.2 Å². The van der Waals surface area contributed by atoms with Crippen molar-refractivity contribution in [2.24, 2.45) is 0 Å². The maximum atomic E-state index is 14.5. The van der Waals surface area contributed by atoms with E-state index in [2.05, 4.69) is 39.4 Å². The highest BCUT2D eigenvalue weighted by Gasteiger charge is 2.43. The van der Waals surface area contributed by atoms with Crippen molar-refractivity contribution in [2.75, 3.05) is 11.1 Å². The smallest absolute Gasteiger partial charge is 0.263 e. The molecule has 0 bridgehead atoms. The van der Waals surface area contributed by atoms with Crippen LogP contribution in [0.4, 0.5) is 5.69 Å². The molecule has 38 heavy (non-hydrogen) atoms. The SMILES string of the molecule is O=C(CSc1nc2c(c(=O)n1-c1ccccc1)C1(CCCCC1)Cc1ccccc1-2)Nc1ccc(Br)cc1. The van der Waals surface area contributed by atoms with Crippen LogP contribution in [0.25, 0.3) is 16.9 Å². The first-order valence-electron chi connectivity index (χ1n) is 13.0. The summed E-state index contributed by atoms with van der Waals surface area (Å²) < 4.78 is 2.67. The van der Waals surface area contributed by atoms with Crippen molar-refractivity contribution in [1.82, 2.24) is 9.55 Å². The Morgan fingerprint density at radius 3 is 2.42 bits per heavy atom. The number of para-hydroxylation sites is 1. The lowest BCUT2D eigenvalue weighted by Crippen LogP contribution is -2.43. The Kier molecular flexibility index (Phi) is 6.97. The number of halogens is 1. The summed E-state index contributed by atoms with van der Waals surface area (Å²) in [4.78, 5) is 32.5. The fraction of sp³-hybridized carbons (Fsp3) is 0.258. The lowest BCUT2D eigenvalue weighted by molar-refractivity contribution is -0.113. The van der Waals surface area contributed by atoms with Crippen LogP contribution in [0.1, 0.15) is 43.2 Å². The molecular formula is C31H28BrN3O2S. The van der Waals surface area contributed by atoms with Crippen LogP contribution in [0.2, 0.25) is 0 Å². The third kappa shape index (κ3) is 4.74. The fourth-order valence-corrected chi connectivity index (χ4v) is 7.02. The highest BCUT2D eigenvalue weighted by molar-refractivity contribution is 9.10. The number of nitrogens with zero attached hydrogens (tertiary/aromatic N) is 2. The molecule has 2 aliphatic carbocycles. The number of fused-ring (bicyclic) bond motifs is 4. The summed E-state index contributed by atoms with van der Waals surface area (Å²) in [6, 6.07) is 25.5. The van der Waals surface area contributed by atoms with Crippen LogP contribution in [0.3, 0.4) is 0 Å². The van der Waals surface area contributed by atoms with Gasteiger partial charge >= 0.3 is 0 Å². The van der Waals surface area contributed by atoms with E-state index in [1.807, 2.05) is 60.7 Å². The van der Waals surface area contributed by atoms with E-state index >= 15 is 0 Å². The Morgan fingerprint density at radius 1 is 0.947 bits per heavy atom. The molecule has 0 saturated heterocycles. The van der Waals surface area contributed by atoms with E-state index in [1.54, 1.807) is 4.57 Å². The molecule has 3 aromatic carbocycles. The molecule has 0 aliphatic heterocycles. The number of hydrogen-bond acceptors (Lipinski definition) is 4. The van der Waals surface area contributed by atoms with Gasteiger partial charge in [-0.2, -0.15) is 0 Å². The second kappa shape index (κ2) is 10.5. The first-order chi connectivity index (χ1) is 18.5. The summed E-state index contributed by atoms with van der Waals surface area (Å²) in [6.45, 7) is 0. The van der Waals surface area contributed by atoms with Gasteiger partial charge in [0.1, 0.15) is 0 Å². The molecule has 2 aliphatic rings. The lowest BCUT2D eigenvalue weighted by atomic mass is 9.62.